The van der Waals surface area contributed by atoms with Crippen molar-refractivity contribution in [2.24, 2.45) is 0 Å². The van der Waals surface area contributed by atoms with Gasteiger partial charge in [0.1, 0.15) is 0 Å². The minimum absolute atomic E-state index is 0.934. The zero-order valence-electron chi connectivity index (χ0n) is 8.57. The summed E-state index contributed by atoms with van der Waals surface area (Å²) in [5, 5.41) is 18.6. The predicted octanol–water partition coefficient (Wildman–Crippen LogP) is -2.18. The number of carboxylic acid groups (broad SMARTS) is 1. The molecule has 0 aromatic heterocycles. The monoisotopic (exact) mass is 262 g/mol. The number of carbonyl (C=O) groups excluding carboxylic acids is 3. The fourth-order valence-corrected chi connectivity index (χ4v) is 1.40. The number of aliphatic carboxylic acids is 1. The van der Waals surface area contributed by atoms with Crippen molar-refractivity contribution in [1.29, 1.82) is 0 Å². The molecular formula is C8H6O10. The van der Waals surface area contributed by atoms with Crippen molar-refractivity contribution in [2.45, 2.75) is 24.4 Å². The molecule has 0 aromatic carbocycles. The van der Waals surface area contributed by atoms with Crippen LogP contribution in [-0.2, 0) is 38.4 Å². The SMILES string of the molecule is O=C1CC2(O)CC(=O)OC(C(=O)O)(OO1)OC2=O. The van der Waals surface area contributed by atoms with Gasteiger partial charge in [-0.1, -0.05) is 4.89 Å². The second kappa shape index (κ2) is 3.65. The molecule has 2 atom stereocenters. The van der Waals surface area contributed by atoms with Crippen LogP contribution in [-0.4, -0.2) is 45.7 Å². The van der Waals surface area contributed by atoms with E-state index in [1.54, 1.807) is 0 Å². The average molecular weight is 262 g/mol. The summed E-state index contributed by atoms with van der Waals surface area (Å²) in [5.74, 6) is -9.37. The number of ether oxygens (including phenoxy) is 2. The maximum atomic E-state index is 11.5. The van der Waals surface area contributed by atoms with Crippen LogP contribution in [0.3, 0.4) is 0 Å². The molecular weight excluding hydrogens is 256 g/mol. The molecule has 2 rings (SSSR count). The summed E-state index contributed by atoms with van der Waals surface area (Å²) in [7, 11) is 0. The van der Waals surface area contributed by atoms with Gasteiger partial charge in [-0.25, -0.2) is 14.4 Å². The molecule has 10 nitrogen and oxygen atoms in total. The highest BCUT2D eigenvalue weighted by molar-refractivity contribution is 5.94. The molecule has 0 spiro atoms. The lowest BCUT2D eigenvalue weighted by Crippen LogP contribution is -2.53. The van der Waals surface area contributed by atoms with Gasteiger partial charge >= 0.3 is 29.9 Å². The van der Waals surface area contributed by atoms with E-state index in [-0.39, 0.29) is 0 Å². The molecule has 0 radical (unpaired) electrons. The predicted molar refractivity (Wildman–Crippen MR) is 43.9 cm³/mol. The normalized spacial score (nSPS) is 35.7. The van der Waals surface area contributed by atoms with Crippen LogP contribution in [0.15, 0.2) is 0 Å². The summed E-state index contributed by atoms with van der Waals surface area (Å²) in [6.45, 7) is 0. The molecule has 2 saturated heterocycles. The Bertz CT molecular complexity index is 455. The summed E-state index contributed by atoms with van der Waals surface area (Å²) >= 11 is 0. The molecule has 10 heteroatoms. The molecule has 18 heavy (non-hydrogen) atoms. The molecule has 2 aliphatic heterocycles. The van der Waals surface area contributed by atoms with Crippen LogP contribution < -0.4 is 0 Å². The summed E-state index contributed by atoms with van der Waals surface area (Å²) in [5.41, 5.74) is -2.55. The summed E-state index contributed by atoms with van der Waals surface area (Å²) in [6, 6.07) is 0. The van der Waals surface area contributed by atoms with Crippen molar-refractivity contribution < 1.29 is 48.6 Å². The van der Waals surface area contributed by atoms with Gasteiger partial charge in [-0.3, -0.25) is 9.68 Å². The number of fused-ring (bicyclic) bond motifs is 3. The third-order valence-electron chi connectivity index (χ3n) is 2.24. The highest BCUT2D eigenvalue weighted by atomic mass is 17.3. The van der Waals surface area contributed by atoms with Crippen molar-refractivity contribution in [3.8, 4) is 0 Å². The van der Waals surface area contributed by atoms with Crippen LogP contribution in [0, 0.1) is 0 Å². The molecule has 0 aliphatic carbocycles. The average Bonchev–Trinajstić information content (AvgIpc) is 2.28. The molecule has 2 unspecified atom stereocenters. The molecule has 2 heterocycles. The van der Waals surface area contributed by atoms with E-state index >= 15 is 0 Å². The smallest absolute Gasteiger partial charge is 0.473 e. The Hall–Kier alpha value is -2.20. The van der Waals surface area contributed by atoms with Crippen LogP contribution in [0.2, 0.25) is 0 Å². The maximum absolute atomic E-state index is 11.5. The van der Waals surface area contributed by atoms with Crippen molar-refractivity contribution in [3.05, 3.63) is 0 Å². The number of hydrogen-bond acceptors (Lipinski definition) is 9. The number of carbonyl (C=O) groups is 4. The Morgan fingerprint density at radius 1 is 1.11 bits per heavy atom. The van der Waals surface area contributed by atoms with Crippen LogP contribution in [0.5, 0.6) is 0 Å². The van der Waals surface area contributed by atoms with Crippen LogP contribution in [0.1, 0.15) is 12.8 Å². The van der Waals surface area contributed by atoms with Crippen molar-refractivity contribution >= 4 is 23.9 Å². The first kappa shape index (κ1) is 12.3. The fraction of sp³-hybridized carbons (Fsp3) is 0.500. The van der Waals surface area contributed by atoms with Crippen molar-refractivity contribution in [3.63, 3.8) is 0 Å². The first-order valence-corrected chi connectivity index (χ1v) is 4.57. The summed E-state index contributed by atoms with van der Waals surface area (Å²) in [6.07, 6.45) is -1.89. The number of hydrogen-bond donors (Lipinski definition) is 2. The molecule has 2 aliphatic rings. The van der Waals surface area contributed by atoms with E-state index in [9.17, 15) is 24.3 Å². The van der Waals surface area contributed by atoms with E-state index in [1.165, 1.54) is 0 Å². The quantitative estimate of drug-likeness (QED) is 0.395. The molecule has 0 amide bonds. The van der Waals surface area contributed by atoms with E-state index in [2.05, 4.69) is 19.2 Å². The molecule has 2 N–H and O–H groups in total. The molecule has 2 bridgehead atoms. The number of rotatable bonds is 1. The van der Waals surface area contributed by atoms with Crippen LogP contribution >= 0.6 is 0 Å². The van der Waals surface area contributed by atoms with Crippen molar-refractivity contribution in [2.75, 3.05) is 0 Å². The van der Waals surface area contributed by atoms with E-state index in [1.807, 2.05) is 0 Å². The van der Waals surface area contributed by atoms with E-state index in [0.29, 0.717) is 0 Å². The highest BCUT2D eigenvalue weighted by Crippen LogP contribution is 2.32. The topological polar surface area (TPSA) is 146 Å². The molecule has 98 valence electrons. The molecule has 0 saturated carbocycles. The number of esters is 2. The van der Waals surface area contributed by atoms with Gasteiger partial charge in [0.25, 0.3) is 0 Å². The van der Waals surface area contributed by atoms with Crippen molar-refractivity contribution in [1.82, 2.24) is 0 Å². The minimum Gasteiger partial charge on any atom is -0.473 e. The Morgan fingerprint density at radius 3 is 2.33 bits per heavy atom. The lowest BCUT2D eigenvalue weighted by Gasteiger charge is -2.27. The largest absolute Gasteiger partial charge is 0.516 e. The number of carboxylic acids is 1. The van der Waals surface area contributed by atoms with Gasteiger partial charge in [0.2, 0.25) is 0 Å². The Balaban J connectivity index is 2.51. The molecule has 2 fully saturated rings. The first-order chi connectivity index (χ1) is 8.27. The zero-order chi connectivity index (χ0) is 13.6. The van der Waals surface area contributed by atoms with Gasteiger partial charge in [0.05, 0.1) is 12.8 Å². The Labute approximate surface area is 97.9 Å². The van der Waals surface area contributed by atoms with E-state index in [0.717, 1.165) is 0 Å². The van der Waals surface area contributed by atoms with Gasteiger partial charge < -0.3 is 19.7 Å². The fourth-order valence-electron chi connectivity index (χ4n) is 1.40. The number of aliphatic hydroxyl groups is 1. The Morgan fingerprint density at radius 2 is 1.72 bits per heavy atom. The van der Waals surface area contributed by atoms with E-state index < -0.39 is 48.3 Å². The lowest BCUT2D eigenvalue weighted by molar-refractivity contribution is -0.448. The standard InChI is InChI=1S/C8H6O10/c9-3-1-7(14)2-4(10)17-18-8(15-3,5(11)12)16-6(7)13/h14H,1-2H2,(H,11,12). The van der Waals surface area contributed by atoms with Gasteiger partial charge in [-0.15, -0.1) is 0 Å². The lowest BCUT2D eigenvalue weighted by atomic mass is 9.96. The zero-order valence-corrected chi connectivity index (χ0v) is 8.57. The highest BCUT2D eigenvalue weighted by Gasteiger charge is 2.61. The second-order valence-corrected chi connectivity index (χ2v) is 3.65. The maximum Gasteiger partial charge on any atom is 0.516 e. The third-order valence-corrected chi connectivity index (χ3v) is 2.24. The van der Waals surface area contributed by atoms with Gasteiger partial charge in [0.15, 0.2) is 5.60 Å². The van der Waals surface area contributed by atoms with Gasteiger partial charge in [-0.05, 0) is 0 Å². The molecule has 0 aromatic rings. The third kappa shape index (κ3) is 1.76. The van der Waals surface area contributed by atoms with Crippen LogP contribution in [0.25, 0.3) is 0 Å². The summed E-state index contributed by atoms with van der Waals surface area (Å²) < 4.78 is 8.51. The Kier molecular flexibility index (Phi) is 2.48. The second-order valence-electron chi connectivity index (χ2n) is 3.65. The van der Waals surface area contributed by atoms with Gasteiger partial charge in [-0.2, -0.15) is 0 Å². The van der Waals surface area contributed by atoms with Crippen LogP contribution in [0.4, 0.5) is 0 Å². The minimum atomic E-state index is -3.24. The summed E-state index contributed by atoms with van der Waals surface area (Å²) in [4.78, 5) is 52.9. The first-order valence-electron chi connectivity index (χ1n) is 4.57. The van der Waals surface area contributed by atoms with Gasteiger partial charge in [0, 0.05) is 0 Å². The van der Waals surface area contributed by atoms with E-state index in [4.69, 9.17) is 5.11 Å².